The second kappa shape index (κ2) is 5.55. The molecule has 0 saturated heterocycles. The summed E-state index contributed by atoms with van der Waals surface area (Å²) in [6, 6.07) is 14.2. The Hall–Kier alpha value is -1.64. The van der Waals surface area contributed by atoms with Crippen molar-refractivity contribution in [1.82, 2.24) is 0 Å². The summed E-state index contributed by atoms with van der Waals surface area (Å²) in [6.45, 7) is 1.95. The van der Waals surface area contributed by atoms with E-state index in [0.29, 0.717) is 9.79 Å². The molecule has 0 aromatic heterocycles. The molecule has 5 heteroatoms. The maximum Gasteiger partial charge on any atom is 0.215 e. The lowest BCUT2D eigenvalue weighted by molar-refractivity contribution is 0.676. The molecule has 96 valence electrons. The van der Waals surface area contributed by atoms with Crippen LogP contribution in [0.5, 0.6) is 0 Å². The standard InChI is InChI=1S/C14H11BrN2OS/c1-11-2-6-13(7-3-11)19(18,17-10-16)14-8-4-12(15)5-9-14/h2-9H,1H3. The van der Waals surface area contributed by atoms with Crippen LogP contribution in [0.15, 0.2) is 67.2 Å². The van der Waals surface area contributed by atoms with Crippen molar-refractivity contribution in [3.05, 3.63) is 58.6 Å². The topological polar surface area (TPSA) is 53.2 Å². The van der Waals surface area contributed by atoms with E-state index in [-0.39, 0.29) is 0 Å². The molecular formula is C14H11BrN2OS. The number of nitriles is 1. The average molecular weight is 335 g/mol. The Morgan fingerprint density at radius 1 is 1.05 bits per heavy atom. The Balaban J connectivity index is 2.66. The number of nitrogens with zero attached hydrogens (tertiary/aromatic N) is 2. The minimum absolute atomic E-state index is 0.529. The van der Waals surface area contributed by atoms with Gasteiger partial charge in [-0.2, -0.15) is 5.26 Å². The molecule has 0 saturated carbocycles. The molecule has 3 nitrogen and oxygen atoms in total. The lowest BCUT2D eigenvalue weighted by Gasteiger charge is -2.09. The molecule has 1 atom stereocenters. The van der Waals surface area contributed by atoms with Gasteiger partial charge in [-0.15, -0.1) is 4.36 Å². The molecule has 0 spiro atoms. The van der Waals surface area contributed by atoms with Crippen molar-refractivity contribution in [2.24, 2.45) is 4.36 Å². The Bertz CT molecular complexity index is 685. The van der Waals surface area contributed by atoms with Crippen molar-refractivity contribution in [2.45, 2.75) is 16.7 Å². The molecular weight excluding hydrogens is 324 g/mol. The molecule has 2 aromatic rings. The maximum atomic E-state index is 13.0. The van der Waals surface area contributed by atoms with Crippen molar-refractivity contribution in [1.29, 1.82) is 5.26 Å². The van der Waals surface area contributed by atoms with E-state index in [1.807, 2.05) is 19.1 Å². The van der Waals surface area contributed by atoms with Crippen LogP contribution < -0.4 is 0 Å². The SMILES string of the molecule is Cc1ccc(S(=O)(=NC#N)c2ccc(Br)cc2)cc1. The van der Waals surface area contributed by atoms with Gasteiger partial charge < -0.3 is 0 Å². The fourth-order valence-electron chi connectivity index (χ4n) is 1.64. The summed E-state index contributed by atoms with van der Waals surface area (Å²) in [4.78, 5) is 1.07. The number of benzene rings is 2. The zero-order valence-corrected chi connectivity index (χ0v) is 12.6. The van der Waals surface area contributed by atoms with Crippen molar-refractivity contribution >= 4 is 25.7 Å². The van der Waals surface area contributed by atoms with Crippen LogP contribution >= 0.6 is 15.9 Å². The Morgan fingerprint density at radius 3 is 2.00 bits per heavy atom. The van der Waals surface area contributed by atoms with Crippen LogP contribution in [-0.2, 0) is 9.73 Å². The fraction of sp³-hybridized carbons (Fsp3) is 0.0714. The number of aryl methyl sites for hydroxylation is 1. The number of hydrogen-bond acceptors (Lipinski definition) is 3. The predicted octanol–water partition coefficient (Wildman–Crippen LogP) is 4.12. The molecule has 2 rings (SSSR count). The van der Waals surface area contributed by atoms with E-state index in [0.717, 1.165) is 10.0 Å². The van der Waals surface area contributed by atoms with Crippen LogP contribution in [0.2, 0.25) is 0 Å². The largest absolute Gasteiger partial charge is 0.239 e. The van der Waals surface area contributed by atoms with E-state index in [9.17, 15) is 4.21 Å². The third-order valence-electron chi connectivity index (χ3n) is 2.64. The quantitative estimate of drug-likeness (QED) is 0.775. The molecule has 0 N–H and O–H groups in total. The predicted molar refractivity (Wildman–Crippen MR) is 78.0 cm³/mol. The minimum atomic E-state index is -2.89. The molecule has 0 radical (unpaired) electrons. The van der Waals surface area contributed by atoms with E-state index in [1.54, 1.807) is 42.6 Å². The summed E-state index contributed by atoms with van der Waals surface area (Å²) < 4.78 is 17.6. The van der Waals surface area contributed by atoms with E-state index >= 15 is 0 Å². The highest BCUT2D eigenvalue weighted by Crippen LogP contribution is 2.25. The molecule has 0 amide bonds. The first kappa shape index (κ1) is 13.8. The molecule has 0 fully saturated rings. The molecule has 1 unspecified atom stereocenters. The van der Waals surface area contributed by atoms with Gasteiger partial charge in [-0.3, -0.25) is 0 Å². The van der Waals surface area contributed by atoms with Crippen molar-refractivity contribution in [2.75, 3.05) is 0 Å². The highest BCUT2D eigenvalue weighted by atomic mass is 79.9. The van der Waals surface area contributed by atoms with Gasteiger partial charge >= 0.3 is 0 Å². The summed E-state index contributed by atoms with van der Waals surface area (Å²) in [5, 5.41) is 8.83. The summed E-state index contributed by atoms with van der Waals surface area (Å²) >= 11 is 3.33. The number of hydrogen-bond donors (Lipinski definition) is 0. The summed E-state index contributed by atoms with van der Waals surface area (Å²) in [6.07, 6.45) is 1.67. The van der Waals surface area contributed by atoms with E-state index < -0.39 is 9.73 Å². The first-order chi connectivity index (χ1) is 9.06. The number of halogens is 1. The van der Waals surface area contributed by atoms with E-state index in [2.05, 4.69) is 20.3 Å². The van der Waals surface area contributed by atoms with Crippen LogP contribution in [0.25, 0.3) is 0 Å². The van der Waals surface area contributed by atoms with E-state index in [4.69, 9.17) is 5.26 Å². The lowest BCUT2D eigenvalue weighted by atomic mass is 10.2. The Kier molecular flexibility index (Phi) is 4.03. The van der Waals surface area contributed by atoms with Crippen molar-refractivity contribution < 1.29 is 4.21 Å². The van der Waals surface area contributed by atoms with Gasteiger partial charge in [-0.05, 0) is 43.3 Å². The monoisotopic (exact) mass is 334 g/mol. The highest BCUT2D eigenvalue weighted by molar-refractivity contribution is 9.10. The summed E-state index contributed by atoms with van der Waals surface area (Å²) in [7, 11) is -2.89. The zero-order chi connectivity index (χ0) is 13.9. The zero-order valence-electron chi connectivity index (χ0n) is 10.2. The third kappa shape index (κ3) is 2.86. The first-order valence-corrected chi connectivity index (χ1v) is 7.84. The fourth-order valence-corrected chi connectivity index (χ4v) is 3.51. The van der Waals surface area contributed by atoms with Gasteiger partial charge in [-0.1, -0.05) is 33.6 Å². The molecule has 0 aliphatic rings. The van der Waals surface area contributed by atoms with E-state index in [1.165, 1.54) is 0 Å². The Labute approximate surface area is 121 Å². The van der Waals surface area contributed by atoms with Gasteiger partial charge in [0.1, 0.15) is 9.73 Å². The molecule has 0 heterocycles. The van der Waals surface area contributed by atoms with Crippen LogP contribution in [0.4, 0.5) is 0 Å². The molecule has 19 heavy (non-hydrogen) atoms. The van der Waals surface area contributed by atoms with Gasteiger partial charge in [0.2, 0.25) is 6.19 Å². The average Bonchev–Trinajstić information content (AvgIpc) is 2.40. The minimum Gasteiger partial charge on any atom is -0.239 e. The molecule has 2 aromatic carbocycles. The number of rotatable bonds is 2. The van der Waals surface area contributed by atoms with Gasteiger partial charge in [-0.25, -0.2) is 4.21 Å². The highest BCUT2D eigenvalue weighted by Gasteiger charge is 2.15. The van der Waals surface area contributed by atoms with Gasteiger partial charge in [0.25, 0.3) is 0 Å². The van der Waals surface area contributed by atoms with Crippen LogP contribution in [0.3, 0.4) is 0 Å². The third-order valence-corrected chi connectivity index (χ3v) is 5.33. The lowest BCUT2D eigenvalue weighted by Crippen LogP contribution is -2.01. The van der Waals surface area contributed by atoms with Crippen LogP contribution in [-0.4, -0.2) is 4.21 Å². The van der Waals surface area contributed by atoms with Crippen molar-refractivity contribution in [3.8, 4) is 6.19 Å². The molecule has 0 aliphatic carbocycles. The molecule has 0 bridgehead atoms. The second-order valence-electron chi connectivity index (χ2n) is 3.98. The van der Waals surface area contributed by atoms with Crippen molar-refractivity contribution in [3.63, 3.8) is 0 Å². The van der Waals surface area contributed by atoms with Crippen LogP contribution in [0, 0.1) is 18.4 Å². The molecule has 0 aliphatic heterocycles. The second-order valence-corrected chi connectivity index (χ2v) is 7.08. The summed E-state index contributed by atoms with van der Waals surface area (Å²) in [5.74, 6) is 0. The normalized spacial score (nSPS) is 13.3. The van der Waals surface area contributed by atoms with Gasteiger partial charge in [0.15, 0.2) is 0 Å². The van der Waals surface area contributed by atoms with Gasteiger partial charge in [0.05, 0.1) is 9.79 Å². The first-order valence-electron chi connectivity index (χ1n) is 5.54. The Morgan fingerprint density at radius 2 is 1.53 bits per heavy atom. The smallest absolute Gasteiger partial charge is 0.215 e. The van der Waals surface area contributed by atoms with Crippen LogP contribution in [0.1, 0.15) is 5.56 Å². The van der Waals surface area contributed by atoms with Gasteiger partial charge in [0, 0.05) is 4.47 Å². The maximum absolute atomic E-state index is 13.0. The summed E-state index contributed by atoms with van der Waals surface area (Å²) in [5.41, 5.74) is 1.07.